The number of carbonyl (C=O) groups excluding carboxylic acids is 1. The lowest BCUT2D eigenvalue weighted by atomic mass is 9.88. The van der Waals surface area contributed by atoms with E-state index in [1.165, 1.54) is 5.56 Å². The summed E-state index contributed by atoms with van der Waals surface area (Å²) in [5.74, 6) is 2.85. The normalized spacial score (nSPS) is 18.2. The molecule has 9 heteroatoms. The first kappa shape index (κ1) is 31.6. The highest BCUT2D eigenvalue weighted by atomic mass is 16.6. The Morgan fingerprint density at radius 1 is 0.886 bits per heavy atom. The van der Waals surface area contributed by atoms with E-state index < -0.39 is 0 Å². The summed E-state index contributed by atoms with van der Waals surface area (Å²) in [5, 5.41) is 3.47. The molecule has 0 spiro atoms. The fraction of sp³-hybridized carbons (Fsp3) is 0.457. The van der Waals surface area contributed by atoms with Gasteiger partial charge in [-0.05, 0) is 54.8 Å². The molecule has 2 heterocycles. The van der Waals surface area contributed by atoms with E-state index >= 15 is 0 Å². The smallest absolute Gasteiger partial charge is 0.409 e. The minimum Gasteiger partial charge on any atom is -0.496 e. The van der Waals surface area contributed by atoms with Crippen LogP contribution in [0.5, 0.6) is 17.2 Å². The van der Waals surface area contributed by atoms with Crippen LogP contribution in [0.15, 0.2) is 72.8 Å². The molecule has 0 aliphatic carbocycles. The van der Waals surface area contributed by atoms with Crippen molar-refractivity contribution >= 4 is 6.09 Å². The predicted molar refractivity (Wildman–Crippen MR) is 168 cm³/mol. The van der Waals surface area contributed by atoms with Gasteiger partial charge in [-0.2, -0.15) is 0 Å². The second-order valence-corrected chi connectivity index (χ2v) is 11.0. The van der Waals surface area contributed by atoms with E-state index in [-0.39, 0.29) is 12.2 Å². The number of carbonyl (C=O) groups is 1. The van der Waals surface area contributed by atoms with Crippen LogP contribution in [-0.4, -0.2) is 83.4 Å². The zero-order chi connectivity index (χ0) is 30.4. The number of hydrogen-bond acceptors (Lipinski definition) is 8. The van der Waals surface area contributed by atoms with E-state index in [4.69, 9.17) is 28.4 Å². The van der Waals surface area contributed by atoms with Gasteiger partial charge in [0.05, 0.1) is 46.2 Å². The van der Waals surface area contributed by atoms with Crippen LogP contribution >= 0.6 is 0 Å². The number of para-hydroxylation sites is 2. The van der Waals surface area contributed by atoms with E-state index in [2.05, 4.69) is 17.4 Å². The molecule has 0 radical (unpaired) electrons. The summed E-state index contributed by atoms with van der Waals surface area (Å²) < 4.78 is 34.6. The molecule has 5 rings (SSSR count). The van der Waals surface area contributed by atoms with Gasteiger partial charge in [0.1, 0.15) is 30.5 Å². The fourth-order valence-electron chi connectivity index (χ4n) is 5.64. The van der Waals surface area contributed by atoms with Gasteiger partial charge in [0.2, 0.25) is 0 Å². The Balaban J connectivity index is 1.02. The van der Waals surface area contributed by atoms with E-state index in [9.17, 15) is 4.79 Å². The number of cyclic esters (lactones) is 1. The summed E-state index contributed by atoms with van der Waals surface area (Å²) in [5.41, 5.74) is 3.38. The van der Waals surface area contributed by atoms with Crippen LogP contribution < -0.4 is 19.5 Å². The molecule has 0 bridgehead atoms. The van der Waals surface area contributed by atoms with Crippen LogP contribution in [0.3, 0.4) is 0 Å². The lowest BCUT2D eigenvalue weighted by Crippen LogP contribution is -2.41. The van der Waals surface area contributed by atoms with Gasteiger partial charge in [0.25, 0.3) is 0 Å². The third-order valence-corrected chi connectivity index (χ3v) is 8.03. The average molecular weight is 605 g/mol. The summed E-state index contributed by atoms with van der Waals surface area (Å²) >= 11 is 0. The largest absolute Gasteiger partial charge is 0.496 e. The first-order chi connectivity index (χ1) is 21.7. The van der Waals surface area contributed by atoms with Crippen molar-refractivity contribution in [3.05, 3.63) is 89.5 Å². The van der Waals surface area contributed by atoms with Crippen LogP contribution in [0.2, 0.25) is 0 Å². The molecular weight excluding hydrogens is 560 g/mol. The summed E-state index contributed by atoms with van der Waals surface area (Å²) in [4.78, 5) is 13.5. The number of hydrogen-bond donors (Lipinski definition) is 1. The van der Waals surface area contributed by atoms with E-state index in [1.807, 2.05) is 60.7 Å². The maximum atomic E-state index is 11.8. The molecule has 3 aromatic rings. The van der Waals surface area contributed by atoms with Crippen molar-refractivity contribution in [1.29, 1.82) is 0 Å². The second-order valence-electron chi connectivity index (χ2n) is 11.0. The third kappa shape index (κ3) is 9.11. The highest BCUT2D eigenvalue weighted by molar-refractivity contribution is 5.69. The molecule has 2 aliphatic heterocycles. The Kier molecular flexibility index (Phi) is 12.1. The number of nitrogens with zero attached hydrogens (tertiary/aromatic N) is 1. The van der Waals surface area contributed by atoms with Gasteiger partial charge in [-0.3, -0.25) is 0 Å². The summed E-state index contributed by atoms with van der Waals surface area (Å²) in [6, 6.07) is 24.3. The third-order valence-electron chi connectivity index (χ3n) is 8.03. The van der Waals surface area contributed by atoms with E-state index in [0.29, 0.717) is 58.6 Å². The predicted octanol–water partition coefficient (Wildman–Crippen LogP) is 5.22. The number of nitrogens with one attached hydrogen (secondary N) is 1. The van der Waals surface area contributed by atoms with Crippen molar-refractivity contribution in [2.24, 2.45) is 0 Å². The van der Waals surface area contributed by atoms with Crippen LogP contribution in [0, 0.1) is 0 Å². The molecule has 1 N–H and O–H groups in total. The highest BCUT2D eigenvalue weighted by Gasteiger charge is 2.27. The first-order valence-corrected chi connectivity index (χ1v) is 15.6. The molecule has 2 unspecified atom stereocenters. The van der Waals surface area contributed by atoms with Crippen molar-refractivity contribution in [1.82, 2.24) is 10.2 Å². The van der Waals surface area contributed by atoms with Gasteiger partial charge in [0.15, 0.2) is 0 Å². The number of rotatable bonds is 17. The maximum Gasteiger partial charge on any atom is 0.409 e. The van der Waals surface area contributed by atoms with Crippen LogP contribution in [-0.2, 0) is 27.2 Å². The van der Waals surface area contributed by atoms with Crippen LogP contribution in [0.25, 0.3) is 0 Å². The highest BCUT2D eigenvalue weighted by Crippen LogP contribution is 2.29. The number of benzene rings is 3. The Bertz CT molecular complexity index is 1300. The molecular formula is C35H44N2O7. The van der Waals surface area contributed by atoms with Gasteiger partial charge in [0, 0.05) is 31.0 Å². The van der Waals surface area contributed by atoms with Gasteiger partial charge in [-0.1, -0.05) is 48.5 Å². The quantitative estimate of drug-likeness (QED) is 0.210. The number of ether oxygens (including phenoxy) is 6. The summed E-state index contributed by atoms with van der Waals surface area (Å²) in [7, 11) is 1.67. The van der Waals surface area contributed by atoms with Gasteiger partial charge in [-0.15, -0.1) is 0 Å². The molecule has 2 aliphatic rings. The van der Waals surface area contributed by atoms with Gasteiger partial charge in [-0.25, -0.2) is 4.79 Å². The Morgan fingerprint density at radius 3 is 2.48 bits per heavy atom. The molecule has 236 valence electrons. The molecule has 2 fully saturated rings. The topological polar surface area (TPSA) is 87.7 Å². The molecule has 9 nitrogen and oxygen atoms in total. The van der Waals surface area contributed by atoms with Crippen LogP contribution in [0.1, 0.15) is 35.4 Å². The lowest BCUT2D eigenvalue weighted by molar-refractivity contribution is 0.00720. The first-order valence-electron chi connectivity index (χ1n) is 15.6. The van der Waals surface area contributed by atoms with Gasteiger partial charge < -0.3 is 38.6 Å². The number of methoxy groups -OCH3 is 1. The maximum absolute atomic E-state index is 11.8. The van der Waals surface area contributed by atoms with Gasteiger partial charge >= 0.3 is 6.09 Å². The average Bonchev–Trinajstić information content (AvgIpc) is 3.49. The number of piperidine rings is 1. The zero-order valence-electron chi connectivity index (χ0n) is 25.6. The monoisotopic (exact) mass is 604 g/mol. The Labute approximate surface area is 260 Å². The SMILES string of the molecule is COc1ccccc1COCCCOc1ccc(C2CCNCC2OCCOc2ccccc2CCN2CCOC2=O)cc1. The zero-order valence-corrected chi connectivity index (χ0v) is 25.6. The molecule has 3 aromatic carbocycles. The standard InChI is InChI=1S/C35H44N2O7/c1-39-32-9-4-3-8-29(32)26-40-20-6-21-41-30-13-11-27(12-14-30)31-15-17-36-25-34(31)43-24-23-42-33-10-5-2-7-28(33)16-18-37-19-22-44-35(37)38/h2-5,7-14,31,34,36H,6,15-26H2,1H3. The van der Waals surface area contributed by atoms with E-state index in [1.54, 1.807) is 12.0 Å². The van der Waals surface area contributed by atoms with E-state index in [0.717, 1.165) is 60.7 Å². The van der Waals surface area contributed by atoms with Crippen LogP contribution in [0.4, 0.5) is 4.79 Å². The molecule has 44 heavy (non-hydrogen) atoms. The van der Waals surface area contributed by atoms with Crippen molar-refractivity contribution in [3.63, 3.8) is 0 Å². The summed E-state index contributed by atoms with van der Waals surface area (Å²) in [6.07, 6.45) is 2.36. The second kappa shape index (κ2) is 16.9. The lowest BCUT2D eigenvalue weighted by Gasteiger charge is -2.32. The Hall–Kier alpha value is -3.79. The fourth-order valence-corrected chi connectivity index (χ4v) is 5.64. The molecule has 0 aromatic heterocycles. The van der Waals surface area contributed by atoms with Crippen molar-refractivity contribution in [2.75, 3.05) is 66.3 Å². The molecule has 0 saturated carbocycles. The number of amides is 1. The molecule has 2 atom stereocenters. The summed E-state index contributed by atoms with van der Waals surface area (Å²) in [6.45, 7) is 6.19. The Morgan fingerprint density at radius 2 is 1.68 bits per heavy atom. The van der Waals surface area contributed by atoms with Crippen molar-refractivity contribution in [2.45, 2.75) is 37.9 Å². The van der Waals surface area contributed by atoms with Crippen molar-refractivity contribution in [3.8, 4) is 17.2 Å². The minimum absolute atomic E-state index is 0.0657. The molecule has 2 saturated heterocycles. The molecule has 1 amide bonds. The minimum atomic E-state index is -0.239. The van der Waals surface area contributed by atoms with Crippen molar-refractivity contribution < 1.29 is 33.2 Å².